The number of fused-ring (bicyclic) bond motifs is 1. The molecule has 0 radical (unpaired) electrons. The van der Waals surface area contributed by atoms with Gasteiger partial charge in [-0.15, -0.1) is 0 Å². The van der Waals surface area contributed by atoms with E-state index in [2.05, 4.69) is 195 Å². The van der Waals surface area contributed by atoms with E-state index >= 15 is 0 Å². The number of β-amino-alcohol motifs (C(OH)–C–C–N with tert-alkyl or cyclic N) is 1. The van der Waals surface area contributed by atoms with Crippen LogP contribution in [0.3, 0.4) is 0 Å². The minimum absolute atomic E-state index is 0.157. The van der Waals surface area contributed by atoms with Crippen LogP contribution < -0.4 is 23.7 Å². The van der Waals surface area contributed by atoms with Gasteiger partial charge < -0.3 is 49.2 Å². The molecule has 4 heterocycles. The molecule has 5 atom stereocenters. The van der Waals surface area contributed by atoms with Crippen molar-refractivity contribution in [2.45, 2.75) is 117 Å². The number of aliphatic hydroxyl groups excluding tert-OH is 5. The number of benzene rings is 11. The number of aliphatic hydroxyl groups is 5. The molecule has 0 bridgehead atoms. The van der Waals surface area contributed by atoms with Crippen molar-refractivity contribution in [3.8, 4) is 29.0 Å². The van der Waals surface area contributed by atoms with Gasteiger partial charge in [-0.3, -0.25) is 29.5 Å². The molecule has 658 valence electrons. The van der Waals surface area contributed by atoms with E-state index in [4.69, 9.17) is 23.7 Å². The van der Waals surface area contributed by atoms with E-state index in [0.29, 0.717) is 45.1 Å². The Balaban J connectivity index is 0.000000154. The van der Waals surface area contributed by atoms with E-state index in [-0.39, 0.29) is 32.4 Å². The smallest absolute Gasteiger partial charge is 0.316 e. The van der Waals surface area contributed by atoms with Crippen LogP contribution in [0.25, 0.3) is 0 Å². The van der Waals surface area contributed by atoms with Crippen molar-refractivity contribution >= 4 is 0 Å². The number of hydrogen-bond donors (Lipinski definition) is 5. The van der Waals surface area contributed by atoms with Gasteiger partial charge in [0, 0.05) is 123 Å². The number of pyridine rings is 1. The van der Waals surface area contributed by atoms with Crippen molar-refractivity contribution in [3.63, 3.8) is 0 Å². The molecule has 1 aliphatic heterocycles. The van der Waals surface area contributed by atoms with Gasteiger partial charge in [0.1, 0.15) is 87.1 Å². The van der Waals surface area contributed by atoms with Gasteiger partial charge in [0.15, 0.2) is 5.75 Å². The summed E-state index contributed by atoms with van der Waals surface area (Å²) in [5.41, 5.74) is 15.9. The second-order valence-corrected chi connectivity index (χ2v) is 31.6. The molecule has 14 aromatic rings. The Morgan fingerprint density at radius 3 is 0.913 bits per heavy atom. The molecule has 127 heavy (non-hydrogen) atoms. The molecule has 0 saturated carbocycles. The van der Waals surface area contributed by atoms with Gasteiger partial charge in [-0.2, -0.15) is 0 Å². The summed E-state index contributed by atoms with van der Waals surface area (Å²) in [4.78, 5) is 31.0. The highest BCUT2D eigenvalue weighted by Gasteiger charge is 2.23. The summed E-state index contributed by atoms with van der Waals surface area (Å²) in [5.74, 6) is 2.96. The molecule has 20 nitrogen and oxygen atoms in total. The van der Waals surface area contributed by atoms with Crippen LogP contribution in [0.4, 0.5) is 0 Å². The summed E-state index contributed by atoms with van der Waals surface area (Å²) in [5, 5.41) is 52.1. The van der Waals surface area contributed by atoms with Crippen molar-refractivity contribution in [3.05, 3.63) is 443 Å². The Morgan fingerprint density at radius 1 is 0.283 bits per heavy atom. The number of ether oxygens (including phenoxy) is 5. The van der Waals surface area contributed by atoms with Gasteiger partial charge in [0.25, 0.3) is 0 Å². The lowest BCUT2D eigenvalue weighted by Crippen LogP contribution is -2.35. The average molecular weight is 1710 g/mol. The highest BCUT2D eigenvalue weighted by molar-refractivity contribution is 5.40. The van der Waals surface area contributed by atoms with Crippen LogP contribution in [0.1, 0.15) is 72.3 Å². The van der Waals surface area contributed by atoms with Crippen LogP contribution in [0.2, 0.25) is 0 Å². The minimum atomic E-state index is -0.633. The average Bonchev–Trinajstić information content (AvgIpc) is 1.70. The summed E-state index contributed by atoms with van der Waals surface area (Å²) in [6, 6.07) is 110. The summed E-state index contributed by atoms with van der Waals surface area (Å²) in [6.07, 6.45) is 8.37. The molecule has 3 aromatic heterocycles. The Labute approximate surface area is 749 Å². The fourth-order valence-electron chi connectivity index (χ4n) is 14.5. The molecule has 15 rings (SSSR count). The number of hydrogen-bond acceptors (Lipinski definition) is 20. The lowest BCUT2D eigenvalue weighted by atomic mass is 10.1. The van der Waals surface area contributed by atoms with E-state index in [1.165, 1.54) is 67.5 Å². The first-order valence-electron chi connectivity index (χ1n) is 43.3. The Morgan fingerprint density at radius 2 is 0.575 bits per heavy atom. The molecule has 0 spiro atoms. The molecule has 20 heteroatoms. The molecule has 0 amide bonds. The number of rotatable bonds is 41. The zero-order chi connectivity index (χ0) is 88.5. The van der Waals surface area contributed by atoms with Crippen LogP contribution in [-0.2, 0) is 65.4 Å². The summed E-state index contributed by atoms with van der Waals surface area (Å²) < 4.78 is 28.3. The predicted octanol–water partition coefficient (Wildman–Crippen LogP) is 16.9. The lowest BCUT2D eigenvalue weighted by molar-refractivity contribution is 0.0595. The molecule has 5 unspecified atom stereocenters. The predicted molar refractivity (Wildman–Crippen MR) is 501 cm³/mol. The first-order chi connectivity index (χ1) is 62.2. The number of aromatic nitrogens is 5. The highest BCUT2D eigenvalue weighted by atomic mass is 16.5. The van der Waals surface area contributed by atoms with Gasteiger partial charge in [-0.1, -0.05) is 303 Å². The van der Waals surface area contributed by atoms with Crippen molar-refractivity contribution in [1.29, 1.82) is 0 Å². The van der Waals surface area contributed by atoms with Gasteiger partial charge in [0.2, 0.25) is 0 Å². The normalized spacial score (nSPS) is 12.7. The number of aryl methyl sites for hydroxylation is 3. The maximum atomic E-state index is 10.7. The third-order valence-electron chi connectivity index (χ3n) is 20.6. The van der Waals surface area contributed by atoms with Crippen molar-refractivity contribution < 1.29 is 49.2 Å². The molecule has 11 aromatic carbocycles. The van der Waals surface area contributed by atoms with E-state index in [9.17, 15) is 25.5 Å². The maximum absolute atomic E-state index is 10.7. The second-order valence-electron chi connectivity index (χ2n) is 31.6. The summed E-state index contributed by atoms with van der Waals surface area (Å²) in [6.45, 7) is 18.1. The monoisotopic (exact) mass is 1700 g/mol. The standard InChI is InChI=1S/C25H29NO2.C22H24N2O2.2C21H23N3O2.C18H21NO2/c1-20-10-9-11-21(2)25(20)28-19-24(27)18-26(16-22-12-5-3-6-13-22)17-23-14-7-4-8-15-23;25-21(18-26-22-11-13-23-14-12-22)17-24(15-19-7-3-1-4-8-19)16-20-9-5-2-6-10-20;25-20(17-26-21-22-12-7-13-23-21)16-24(14-18-8-3-1-4-9-18)15-19-10-5-2-6-11-19;25-20(16-26-21-11-22-17-23-12-21)15-24(13-18-7-3-1-4-8-18)14-19-9-5-2-6-10-19;1-14-6-8-18(9-7-14)21-13-17(20)12-19-10-15-4-2-3-5-16(15)11-19/h3-15,24,27H,16-19H2,1-2H3;1-14,21,25H,15-18H2;1-13,20,25H,14-17H2;1-12,17,20,25H,13-16H2;2-9,17,20H,10-13H2,1H3. The minimum Gasteiger partial charge on any atom is -0.491 e. The van der Waals surface area contributed by atoms with Crippen molar-refractivity contribution in [2.75, 3.05) is 65.8 Å². The van der Waals surface area contributed by atoms with Gasteiger partial charge in [0.05, 0.1) is 12.4 Å². The molecule has 0 aliphatic carbocycles. The fraction of sp³-hybridized carbons (Fsp3) is 0.262. The van der Waals surface area contributed by atoms with Crippen LogP contribution in [0, 0.1) is 20.8 Å². The molecular weight excluding hydrogens is 1590 g/mol. The van der Waals surface area contributed by atoms with Crippen LogP contribution in [-0.4, -0.2) is 171 Å². The maximum Gasteiger partial charge on any atom is 0.316 e. The van der Waals surface area contributed by atoms with E-state index in [1.54, 1.807) is 55.4 Å². The highest BCUT2D eigenvalue weighted by Crippen LogP contribution is 2.26. The van der Waals surface area contributed by atoms with E-state index in [1.807, 2.05) is 185 Å². The zero-order valence-electron chi connectivity index (χ0n) is 73.0. The topological polar surface area (TPSA) is 228 Å². The fourth-order valence-corrected chi connectivity index (χ4v) is 14.5. The van der Waals surface area contributed by atoms with Crippen LogP contribution >= 0.6 is 0 Å². The second kappa shape index (κ2) is 54.3. The first kappa shape index (κ1) is 95.0. The molecule has 0 fully saturated rings. The van der Waals surface area contributed by atoms with Crippen molar-refractivity contribution in [2.24, 2.45) is 0 Å². The summed E-state index contributed by atoms with van der Waals surface area (Å²) in [7, 11) is 0. The van der Waals surface area contributed by atoms with Gasteiger partial charge in [-0.05, 0) is 118 Å². The Bertz CT molecular complexity index is 4700. The molecule has 0 saturated heterocycles. The molecule has 1 aliphatic rings. The van der Waals surface area contributed by atoms with E-state index < -0.39 is 30.5 Å². The Hall–Kier alpha value is -12.7. The molecular formula is C107H120N10O10. The van der Waals surface area contributed by atoms with Crippen molar-refractivity contribution in [1.82, 2.24) is 49.4 Å². The van der Waals surface area contributed by atoms with Crippen LogP contribution in [0.15, 0.2) is 371 Å². The summed E-state index contributed by atoms with van der Waals surface area (Å²) >= 11 is 0. The quantitative estimate of drug-likeness (QED) is 0.0240. The third kappa shape index (κ3) is 36.8. The Kier molecular flexibility index (Phi) is 40.6. The van der Waals surface area contributed by atoms with Crippen LogP contribution in [0.5, 0.6) is 29.0 Å². The van der Waals surface area contributed by atoms with Gasteiger partial charge in [-0.25, -0.2) is 19.9 Å². The molecule has 5 N–H and O–H groups in total. The number of nitrogens with zero attached hydrogens (tertiary/aromatic N) is 10. The number of para-hydroxylation sites is 1. The SMILES string of the molecule is Cc1ccc(OCC(O)CN2Cc3ccccc3C2)cc1.Cc1cccc(C)c1OCC(O)CN(Cc1ccccc1)Cc1ccccc1.OC(COc1ccncc1)CN(Cc1ccccc1)Cc1ccccc1.OC(COc1cncnc1)CN(Cc1ccccc1)Cc1ccccc1.OC(COc1ncccn1)CN(Cc1ccccc1)Cc1ccccc1. The largest absolute Gasteiger partial charge is 0.491 e. The zero-order valence-corrected chi connectivity index (χ0v) is 73.0. The van der Waals surface area contributed by atoms with Gasteiger partial charge >= 0.3 is 6.01 Å². The van der Waals surface area contributed by atoms with E-state index in [0.717, 1.165) is 93.8 Å². The first-order valence-corrected chi connectivity index (χ1v) is 43.3. The lowest BCUT2D eigenvalue weighted by Gasteiger charge is -2.26. The third-order valence-corrected chi connectivity index (χ3v) is 20.6.